The van der Waals surface area contributed by atoms with E-state index in [-0.39, 0.29) is 57.4 Å². The molecule has 0 saturated carbocycles. The topological polar surface area (TPSA) is 137 Å². The number of hydrogen-bond acceptors (Lipinski definition) is 8. The molecule has 9 nitrogen and oxygen atoms in total. The number of carbonyl (C=O) groups is 1. The second kappa shape index (κ2) is 10.6. The molecule has 1 aromatic heterocycles. The zero-order valence-electron chi connectivity index (χ0n) is 13.4. The number of nitrogens with zero attached hydrogens (tertiary/aromatic N) is 3. The van der Waals surface area contributed by atoms with E-state index in [0.29, 0.717) is 5.33 Å². The number of rotatable bonds is 6. The molecule has 0 saturated heterocycles. The van der Waals surface area contributed by atoms with Gasteiger partial charge in [0, 0.05) is 11.0 Å². The van der Waals surface area contributed by atoms with Crippen LogP contribution in [0.2, 0.25) is 10.6 Å². The summed E-state index contributed by atoms with van der Waals surface area (Å²) in [4.78, 5) is 21.8. The van der Waals surface area contributed by atoms with Crippen LogP contribution in [-0.4, -0.2) is 44.0 Å². The zero-order chi connectivity index (χ0) is 19.5. The van der Waals surface area contributed by atoms with E-state index in [0.717, 1.165) is 6.07 Å². The summed E-state index contributed by atoms with van der Waals surface area (Å²) in [5.41, 5.74) is -0.000646. The third kappa shape index (κ3) is 7.37. The number of halogens is 4. The molecule has 0 aliphatic rings. The van der Waals surface area contributed by atoms with Gasteiger partial charge in [-0.15, -0.1) is 0 Å². The first-order valence-corrected chi connectivity index (χ1v) is 10.7. The van der Waals surface area contributed by atoms with E-state index in [1.807, 2.05) is 0 Å². The number of nitrogens with one attached hydrogen (secondary N) is 2. The number of amides is 1. The van der Waals surface area contributed by atoms with E-state index in [1.54, 1.807) is 0 Å². The average Bonchev–Trinajstić information content (AvgIpc) is 2.53. The van der Waals surface area contributed by atoms with Gasteiger partial charge in [-0.3, -0.25) is 4.79 Å². The van der Waals surface area contributed by atoms with E-state index >= 15 is 0 Å². The maximum absolute atomic E-state index is 11.9. The Kier molecular flexibility index (Phi) is 9.85. The second-order valence-corrected chi connectivity index (χ2v) is 8.38. The maximum atomic E-state index is 11.9. The van der Waals surface area contributed by atoms with E-state index < -0.39 is 25.7 Å². The Morgan fingerprint density at radius 3 is 2.33 bits per heavy atom. The largest absolute Gasteiger partial charge is 1.00 e. The molecule has 1 unspecified atom stereocenters. The summed E-state index contributed by atoms with van der Waals surface area (Å²) in [5.74, 6) is -0.579. The molecule has 2 N–H and O–H groups in total. The Balaban J connectivity index is 0.00000364. The quantitative estimate of drug-likeness (QED) is 0.279. The fraction of sp³-hybridized carbons (Fsp3) is 0.167. The molecule has 0 aliphatic heterocycles. The van der Waals surface area contributed by atoms with Gasteiger partial charge in [-0.25, -0.2) is 8.42 Å². The molecule has 0 bridgehead atoms. The Labute approximate surface area is 203 Å². The van der Waals surface area contributed by atoms with Crippen LogP contribution in [0.1, 0.15) is 0 Å². The molecule has 1 atom stereocenters. The van der Waals surface area contributed by atoms with Gasteiger partial charge >= 0.3 is 29.6 Å². The predicted octanol–water partition coefficient (Wildman–Crippen LogP) is -0.0730. The molecule has 0 aliphatic carbocycles. The Bertz CT molecular complexity index is 933. The van der Waals surface area contributed by atoms with Crippen LogP contribution < -0.4 is 40.2 Å². The van der Waals surface area contributed by atoms with Gasteiger partial charge in [0.15, 0.2) is 0 Å². The van der Waals surface area contributed by atoms with Crippen LogP contribution in [0, 0.1) is 0 Å². The summed E-state index contributed by atoms with van der Waals surface area (Å²) >= 11 is 17.5. The molecule has 27 heavy (non-hydrogen) atoms. The summed E-state index contributed by atoms with van der Waals surface area (Å²) in [6, 6.07) is 3.69. The van der Waals surface area contributed by atoms with Crippen LogP contribution in [0.3, 0.4) is 0 Å². The molecule has 1 aromatic carbocycles. The van der Waals surface area contributed by atoms with Crippen molar-refractivity contribution in [1.82, 2.24) is 15.0 Å². The molecule has 2 aromatic rings. The van der Waals surface area contributed by atoms with Crippen molar-refractivity contribution in [1.29, 1.82) is 0 Å². The third-order valence-electron chi connectivity index (χ3n) is 2.77. The van der Waals surface area contributed by atoms with Crippen molar-refractivity contribution >= 4 is 88.4 Å². The van der Waals surface area contributed by atoms with Gasteiger partial charge in [0.05, 0.1) is 10.6 Å². The van der Waals surface area contributed by atoms with Crippen LogP contribution in [-0.2, 0) is 14.9 Å². The van der Waals surface area contributed by atoms with Crippen molar-refractivity contribution in [2.24, 2.45) is 0 Å². The second-order valence-electron chi connectivity index (χ2n) is 4.60. The first-order chi connectivity index (χ1) is 12.1. The van der Waals surface area contributed by atoms with Crippen molar-refractivity contribution in [3.05, 3.63) is 28.8 Å². The minimum atomic E-state index is -4.88. The van der Waals surface area contributed by atoms with E-state index in [2.05, 4.69) is 57.4 Å². The first-order valence-electron chi connectivity index (χ1n) is 6.55. The number of aromatic nitrogens is 3. The molecule has 1 heterocycles. The van der Waals surface area contributed by atoms with E-state index in [4.69, 9.17) is 23.2 Å². The minimum absolute atomic E-state index is 0. The monoisotopic (exact) mass is 569 g/mol. The predicted molar refractivity (Wildman–Crippen MR) is 103 cm³/mol. The maximum Gasteiger partial charge on any atom is 1.00 e. The van der Waals surface area contributed by atoms with Crippen LogP contribution in [0.25, 0.3) is 0 Å². The molecule has 0 radical (unpaired) electrons. The van der Waals surface area contributed by atoms with Crippen LogP contribution in [0.15, 0.2) is 23.1 Å². The molecule has 0 spiro atoms. The Hall–Kier alpha value is -0.0500. The van der Waals surface area contributed by atoms with Crippen LogP contribution >= 0.6 is 55.1 Å². The summed E-state index contributed by atoms with van der Waals surface area (Å²) in [5, 5.41) is 4.96. The number of anilines is 3. The van der Waals surface area contributed by atoms with Crippen molar-refractivity contribution in [3.63, 3.8) is 0 Å². The molecule has 1 amide bonds. The SMILES string of the molecule is O=C(Nc1ccc(Nc2nc(Cl)nc(Cl)n2)cc1S(=O)(=O)[O-])C(Br)CBr.[Na+]. The minimum Gasteiger partial charge on any atom is -0.744 e. The van der Waals surface area contributed by atoms with Gasteiger partial charge in [-0.2, -0.15) is 15.0 Å². The van der Waals surface area contributed by atoms with Crippen LogP contribution in [0.5, 0.6) is 0 Å². The fourth-order valence-electron chi connectivity index (χ4n) is 1.70. The van der Waals surface area contributed by atoms with Gasteiger partial charge in [0.2, 0.25) is 22.4 Å². The van der Waals surface area contributed by atoms with Crippen molar-refractivity contribution in [2.75, 3.05) is 16.0 Å². The van der Waals surface area contributed by atoms with Crippen molar-refractivity contribution in [2.45, 2.75) is 9.72 Å². The van der Waals surface area contributed by atoms with Gasteiger partial charge in [-0.1, -0.05) is 31.9 Å². The molecule has 0 fully saturated rings. The zero-order valence-corrected chi connectivity index (χ0v) is 20.9. The number of carbonyl (C=O) groups excluding carboxylic acids is 1. The fourth-order valence-corrected chi connectivity index (χ4v) is 3.13. The molecule has 140 valence electrons. The molecule has 15 heteroatoms. The molecular weight excluding hydrogens is 564 g/mol. The summed E-state index contributed by atoms with van der Waals surface area (Å²) in [6.07, 6.45) is 0. The summed E-state index contributed by atoms with van der Waals surface area (Å²) in [7, 11) is -4.88. The van der Waals surface area contributed by atoms with Gasteiger partial charge in [-0.05, 0) is 41.4 Å². The number of benzene rings is 1. The molecular formula is C12H8Br2Cl2N5NaO4S. The Morgan fingerprint density at radius 2 is 1.81 bits per heavy atom. The first kappa shape index (κ1) is 25.0. The van der Waals surface area contributed by atoms with Crippen LogP contribution in [0.4, 0.5) is 17.3 Å². The standard InChI is InChI=1S/C12H9Br2Cl2N5O4S.Na/c13-4-6(14)9(22)18-7-2-1-5(3-8(7)26(23,24)25)17-12-20-10(15)19-11(16)21-12;/h1-3,6H,4H2,(H,18,22)(H,23,24,25)(H,17,19,20,21);/q;+1/p-1. The normalized spacial score (nSPS) is 12.0. The smallest absolute Gasteiger partial charge is 0.744 e. The summed E-state index contributed by atoms with van der Waals surface area (Å²) < 4.78 is 34.6. The molecule has 2 rings (SSSR count). The Morgan fingerprint density at radius 1 is 1.22 bits per heavy atom. The average molecular weight is 572 g/mol. The van der Waals surface area contributed by atoms with Gasteiger partial charge < -0.3 is 15.2 Å². The van der Waals surface area contributed by atoms with E-state index in [9.17, 15) is 17.8 Å². The van der Waals surface area contributed by atoms with Crippen molar-refractivity contribution in [3.8, 4) is 0 Å². The van der Waals surface area contributed by atoms with E-state index in [1.165, 1.54) is 12.1 Å². The van der Waals surface area contributed by atoms with Crippen molar-refractivity contribution < 1.29 is 47.3 Å². The summed E-state index contributed by atoms with van der Waals surface area (Å²) in [6.45, 7) is 0. The number of alkyl halides is 2. The number of hydrogen-bond donors (Lipinski definition) is 2. The third-order valence-corrected chi connectivity index (χ3v) is 6.24. The van der Waals surface area contributed by atoms with Gasteiger partial charge in [0.1, 0.15) is 14.9 Å². The van der Waals surface area contributed by atoms with Gasteiger partial charge in [0.25, 0.3) is 0 Å².